The number of amides is 1. The van der Waals surface area contributed by atoms with E-state index in [4.69, 9.17) is 4.74 Å². The van der Waals surface area contributed by atoms with Gasteiger partial charge in [-0.3, -0.25) is 4.79 Å². The van der Waals surface area contributed by atoms with Crippen LogP contribution in [0.15, 0.2) is 18.2 Å². The van der Waals surface area contributed by atoms with E-state index in [2.05, 4.69) is 25.2 Å². The first-order valence-corrected chi connectivity index (χ1v) is 8.70. The molecule has 4 nitrogen and oxygen atoms in total. The fourth-order valence-corrected chi connectivity index (χ4v) is 3.60. The maximum absolute atomic E-state index is 11.9. The molecular weight excluding hydrogens is 296 g/mol. The van der Waals surface area contributed by atoms with Crippen LogP contribution in [-0.4, -0.2) is 29.6 Å². The first-order chi connectivity index (χ1) is 10.5. The number of rotatable bonds is 6. The SMILES string of the molecule is Cc1ccc(OCCCC(=O)N[C@]2(C#N)CCSC2)cc1C. The summed E-state index contributed by atoms with van der Waals surface area (Å²) in [5.74, 6) is 2.40. The Morgan fingerprint density at radius 2 is 2.27 bits per heavy atom. The smallest absolute Gasteiger partial charge is 0.221 e. The number of benzene rings is 1. The predicted molar refractivity (Wildman–Crippen MR) is 89.1 cm³/mol. The Labute approximate surface area is 136 Å². The number of nitrogens with one attached hydrogen (secondary N) is 1. The lowest BCUT2D eigenvalue weighted by molar-refractivity contribution is -0.122. The van der Waals surface area contributed by atoms with Crippen LogP contribution in [0, 0.1) is 25.2 Å². The topological polar surface area (TPSA) is 62.1 Å². The molecule has 1 atom stereocenters. The molecule has 1 saturated heterocycles. The Morgan fingerprint density at radius 3 is 2.91 bits per heavy atom. The molecule has 1 aromatic rings. The van der Waals surface area contributed by atoms with E-state index in [1.165, 1.54) is 11.1 Å². The average molecular weight is 318 g/mol. The Kier molecular flexibility index (Phi) is 5.73. The number of carbonyl (C=O) groups is 1. The highest BCUT2D eigenvalue weighted by Gasteiger charge is 2.35. The molecule has 0 radical (unpaired) electrons. The first-order valence-electron chi connectivity index (χ1n) is 7.55. The summed E-state index contributed by atoms with van der Waals surface area (Å²) in [7, 11) is 0. The van der Waals surface area contributed by atoms with Crippen LogP contribution in [0.5, 0.6) is 5.75 Å². The molecule has 5 heteroatoms. The second-order valence-corrected chi connectivity index (χ2v) is 6.85. The van der Waals surface area contributed by atoms with Crippen LogP contribution in [0.2, 0.25) is 0 Å². The predicted octanol–water partition coefficient (Wildman–Crippen LogP) is 2.98. The van der Waals surface area contributed by atoms with Gasteiger partial charge in [-0.05, 0) is 55.7 Å². The number of hydrogen-bond acceptors (Lipinski definition) is 4. The molecule has 0 saturated carbocycles. The lowest BCUT2D eigenvalue weighted by Gasteiger charge is -2.21. The third kappa shape index (κ3) is 4.41. The van der Waals surface area contributed by atoms with Gasteiger partial charge in [-0.25, -0.2) is 0 Å². The summed E-state index contributed by atoms with van der Waals surface area (Å²) >= 11 is 1.71. The summed E-state index contributed by atoms with van der Waals surface area (Å²) in [5.41, 5.74) is 1.78. The van der Waals surface area contributed by atoms with E-state index in [-0.39, 0.29) is 5.91 Å². The Bertz CT molecular complexity index is 575. The van der Waals surface area contributed by atoms with E-state index >= 15 is 0 Å². The van der Waals surface area contributed by atoms with Gasteiger partial charge in [-0.1, -0.05) is 6.07 Å². The highest BCUT2D eigenvalue weighted by Crippen LogP contribution is 2.27. The van der Waals surface area contributed by atoms with Crippen LogP contribution in [0.4, 0.5) is 0 Å². The number of hydrogen-bond donors (Lipinski definition) is 1. The van der Waals surface area contributed by atoms with Gasteiger partial charge < -0.3 is 10.1 Å². The number of thioether (sulfide) groups is 1. The third-order valence-corrected chi connectivity index (χ3v) is 5.10. The maximum atomic E-state index is 11.9. The van der Waals surface area contributed by atoms with Gasteiger partial charge in [0, 0.05) is 12.2 Å². The Balaban J connectivity index is 1.71. The zero-order valence-corrected chi connectivity index (χ0v) is 14.0. The summed E-state index contributed by atoms with van der Waals surface area (Å²) in [6.45, 7) is 4.62. The molecule has 0 aliphatic carbocycles. The molecule has 0 unspecified atom stereocenters. The summed E-state index contributed by atoms with van der Waals surface area (Å²) in [4.78, 5) is 11.9. The minimum atomic E-state index is -0.656. The molecule has 0 bridgehead atoms. The van der Waals surface area contributed by atoms with Crippen molar-refractivity contribution in [2.45, 2.75) is 38.6 Å². The zero-order chi connectivity index (χ0) is 16.0. The molecule has 2 rings (SSSR count). The van der Waals surface area contributed by atoms with E-state index in [9.17, 15) is 10.1 Å². The van der Waals surface area contributed by atoms with E-state index in [1.807, 2.05) is 18.2 Å². The third-order valence-electron chi connectivity index (χ3n) is 3.91. The van der Waals surface area contributed by atoms with E-state index in [0.29, 0.717) is 25.2 Å². The standard InChI is InChI=1S/C17H22N2O2S/c1-13-5-6-15(10-14(13)2)21-8-3-4-16(20)19-17(11-18)7-9-22-12-17/h5-6,10H,3-4,7-9,12H2,1-2H3,(H,19,20)/t17-/m0/s1. The Hall–Kier alpha value is -1.67. The molecule has 118 valence electrons. The molecule has 1 N–H and O–H groups in total. The number of carbonyl (C=O) groups excluding carboxylic acids is 1. The number of aryl methyl sites for hydroxylation is 2. The van der Waals surface area contributed by atoms with Gasteiger partial charge in [-0.15, -0.1) is 0 Å². The summed E-state index contributed by atoms with van der Waals surface area (Å²) in [5, 5.41) is 12.1. The highest BCUT2D eigenvalue weighted by molar-refractivity contribution is 7.99. The van der Waals surface area contributed by atoms with Crippen molar-refractivity contribution in [3.63, 3.8) is 0 Å². The van der Waals surface area contributed by atoms with Crippen LogP contribution in [0.25, 0.3) is 0 Å². The van der Waals surface area contributed by atoms with Gasteiger partial charge in [0.2, 0.25) is 5.91 Å². The number of nitrogens with zero attached hydrogens (tertiary/aromatic N) is 1. The van der Waals surface area contributed by atoms with Gasteiger partial charge in [0.1, 0.15) is 11.3 Å². The average Bonchev–Trinajstić information content (AvgIpc) is 2.96. The minimum absolute atomic E-state index is 0.0623. The van der Waals surface area contributed by atoms with Crippen molar-refractivity contribution in [3.8, 4) is 11.8 Å². The first kappa shape index (κ1) is 16.7. The van der Waals surface area contributed by atoms with Gasteiger partial charge in [0.05, 0.1) is 12.7 Å². The van der Waals surface area contributed by atoms with Gasteiger partial charge in [0.15, 0.2) is 0 Å². The van der Waals surface area contributed by atoms with Crippen molar-refractivity contribution >= 4 is 17.7 Å². The van der Waals surface area contributed by atoms with Crippen molar-refractivity contribution in [2.24, 2.45) is 0 Å². The molecule has 22 heavy (non-hydrogen) atoms. The van der Waals surface area contributed by atoms with Crippen molar-refractivity contribution in [1.29, 1.82) is 5.26 Å². The lowest BCUT2D eigenvalue weighted by Crippen LogP contribution is -2.47. The van der Waals surface area contributed by atoms with Crippen LogP contribution in [-0.2, 0) is 4.79 Å². The molecule has 1 aliphatic rings. The van der Waals surface area contributed by atoms with Crippen LogP contribution >= 0.6 is 11.8 Å². The van der Waals surface area contributed by atoms with Crippen LogP contribution in [0.1, 0.15) is 30.4 Å². The largest absolute Gasteiger partial charge is 0.494 e. The fourth-order valence-electron chi connectivity index (χ4n) is 2.34. The monoisotopic (exact) mass is 318 g/mol. The van der Waals surface area contributed by atoms with Gasteiger partial charge >= 0.3 is 0 Å². The fraction of sp³-hybridized carbons (Fsp3) is 0.529. The quantitative estimate of drug-likeness (QED) is 0.819. The highest BCUT2D eigenvalue weighted by atomic mass is 32.2. The molecule has 1 aliphatic heterocycles. The minimum Gasteiger partial charge on any atom is -0.494 e. The number of ether oxygens (including phenoxy) is 1. The lowest BCUT2D eigenvalue weighted by atomic mass is 10.0. The van der Waals surface area contributed by atoms with Crippen LogP contribution < -0.4 is 10.1 Å². The summed E-state index contributed by atoms with van der Waals surface area (Å²) in [6, 6.07) is 8.24. The molecule has 1 fully saturated rings. The van der Waals surface area contributed by atoms with E-state index < -0.39 is 5.54 Å². The van der Waals surface area contributed by atoms with Crippen molar-refractivity contribution < 1.29 is 9.53 Å². The van der Waals surface area contributed by atoms with Crippen LogP contribution in [0.3, 0.4) is 0 Å². The molecular formula is C17H22N2O2S. The molecule has 0 aromatic heterocycles. The van der Waals surface area contributed by atoms with Crippen molar-refractivity contribution in [1.82, 2.24) is 5.32 Å². The molecule has 1 aromatic carbocycles. The van der Waals surface area contributed by atoms with Gasteiger partial charge in [-0.2, -0.15) is 17.0 Å². The summed E-state index contributed by atoms with van der Waals surface area (Å²) < 4.78 is 5.66. The number of nitriles is 1. The second kappa shape index (κ2) is 7.55. The Morgan fingerprint density at radius 1 is 1.45 bits per heavy atom. The molecule has 1 amide bonds. The molecule has 0 spiro atoms. The van der Waals surface area contributed by atoms with E-state index in [0.717, 1.165) is 17.9 Å². The second-order valence-electron chi connectivity index (χ2n) is 5.74. The normalized spacial score (nSPS) is 20.4. The zero-order valence-electron chi connectivity index (χ0n) is 13.1. The van der Waals surface area contributed by atoms with Gasteiger partial charge in [0.25, 0.3) is 0 Å². The van der Waals surface area contributed by atoms with Crippen molar-refractivity contribution in [2.75, 3.05) is 18.1 Å². The summed E-state index contributed by atoms with van der Waals surface area (Å²) in [6.07, 6.45) is 1.77. The maximum Gasteiger partial charge on any atom is 0.221 e. The molecule has 1 heterocycles. The van der Waals surface area contributed by atoms with E-state index in [1.54, 1.807) is 11.8 Å². The van der Waals surface area contributed by atoms with Crippen molar-refractivity contribution in [3.05, 3.63) is 29.3 Å².